The van der Waals surface area contributed by atoms with Crippen molar-refractivity contribution in [3.63, 3.8) is 0 Å². The number of nitrogens with zero attached hydrogens (tertiary/aromatic N) is 1. The third kappa shape index (κ3) is 6.59. The molecule has 3 rings (SSSR count). The zero-order valence-corrected chi connectivity index (χ0v) is 18.4. The molecule has 1 amide bonds. The normalized spacial score (nSPS) is 10.8. The maximum absolute atomic E-state index is 12.1. The van der Waals surface area contributed by atoms with Gasteiger partial charge in [-0.3, -0.25) is 4.79 Å². The van der Waals surface area contributed by atoms with Crippen LogP contribution >= 0.6 is 11.6 Å². The molecule has 6 heteroatoms. The van der Waals surface area contributed by atoms with Crippen LogP contribution in [0.4, 0.5) is 0 Å². The van der Waals surface area contributed by atoms with Crippen LogP contribution in [0.15, 0.2) is 71.8 Å². The first-order valence-corrected chi connectivity index (χ1v) is 10.4. The Morgan fingerprint density at radius 1 is 1.03 bits per heavy atom. The van der Waals surface area contributed by atoms with Crippen LogP contribution in [0, 0.1) is 0 Å². The molecule has 0 spiro atoms. The van der Waals surface area contributed by atoms with Crippen LogP contribution in [-0.2, 0) is 24.2 Å². The van der Waals surface area contributed by atoms with E-state index in [1.165, 1.54) is 5.56 Å². The van der Waals surface area contributed by atoms with Gasteiger partial charge in [-0.25, -0.2) is 5.43 Å². The summed E-state index contributed by atoms with van der Waals surface area (Å²) < 4.78 is 11.3. The van der Waals surface area contributed by atoms with Crippen molar-refractivity contribution in [1.29, 1.82) is 0 Å². The molecule has 160 valence electrons. The molecule has 0 saturated carbocycles. The number of methoxy groups -OCH3 is 1. The Morgan fingerprint density at radius 3 is 2.48 bits per heavy atom. The van der Waals surface area contributed by atoms with Crippen LogP contribution in [0.25, 0.3) is 0 Å². The van der Waals surface area contributed by atoms with Crippen molar-refractivity contribution < 1.29 is 14.3 Å². The lowest BCUT2D eigenvalue weighted by molar-refractivity contribution is -0.120. The summed E-state index contributed by atoms with van der Waals surface area (Å²) in [6.07, 6.45) is 2.82. The van der Waals surface area contributed by atoms with E-state index in [0.29, 0.717) is 23.1 Å². The van der Waals surface area contributed by atoms with E-state index in [9.17, 15) is 4.79 Å². The molecule has 0 unspecified atom stereocenters. The number of carbonyl (C=O) groups is 1. The minimum Gasteiger partial charge on any atom is -0.493 e. The molecule has 0 aliphatic rings. The van der Waals surface area contributed by atoms with E-state index >= 15 is 0 Å². The number of hydrogen-bond donors (Lipinski definition) is 1. The molecule has 3 aromatic carbocycles. The van der Waals surface area contributed by atoms with Crippen molar-refractivity contribution in [1.82, 2.24) is 5.43 Å². The van der Waals surface area contributed by atoms with Crippen LogP contribution in [0.1, 0.15) is 29.2 Å². The number of rotatable bonds is 9. The second-order valence-electron chi connectivity index (χ2n) is 6.93. The van der Waals surface area contributed by atoms with Crippen molar-refractivity contribution in [3.05, 3.63) is 94.0 Å². The number of nitrogens with one attached hydrogen (secondary N) is 1. The van der Waals surface area contributed by atoms with Gasteiger partial charge in [0.2, 0.25) is 5.91 Å². The number of hydrazone groups is 1. The maximum Gasteiger partial charge on any atom is 0.244 e. The molecule has 3 aromatic rings. The highest BCUT2D eigenvalue weighted by molar-refractivity contribution is 6.31. The third-order valence-electron chi connectivity index (χ3n) is 4.73. The number of benzene rings is 3. The summed E-state index contributed by atoms with van der Waals surface area (Å²) in [4.78, 5) is 12.1. The molecular weight excluding hydrogens is 412 g/mol. The summed E-state index contributed by atoms with van der Waals surface area (Å²) in [7, 11) is 1.57. The van der Waals surface area contributed by atoms with E-state index in [4.69, 9.17) is 21.1 Å². The quantitative estimate of drug-likeness (QED) is 0.371. The number of amides is 1. The number of carbonyl (C=O) groups excluding carboxylic acids is 1. The van der Waals surface area contributed by atoms with Gasteiger partial charge in [0.15, 0.2) is 11.5 Å². The Labute approximate surface area is 187 Å². The van der Waals surface area contributed by atoms with E-state index in [1.807, 2.05) is 54.6 Å². The van der Waals surface area contributed by atoms with Gasteiger partial charge < -0.3 is 9.47 Å². The molecule has 0 atom stereocenters. The Hall–Kier alpha value is -3.31. The minimum absolute atomic E-state index is 0.174. The van der Waals surface area contributed by atoms with E-state index in [-0.39, 0.29) is 12.3 Å². The maximum atomic E-state index is 12.1. The lowest BCUT2D eigenvalue weighted by atomic mass is 10.1. The molecule has 5 nitrogen and oxygen atoms in total. The molecule has 0 aliphatic carbocycles. The summed E-state index contributed by atoms with van der Waals surface area (Å²) in [5, 5.41) is 4.70. The topological polar surface area (TPSA) is 59.9 Å². The smallest absolute Gasteiger partial charge is 0.244 e. The van der Waals surface area contributed by atoms with Gasteiger partial charge in [-0.1, -0.05) is 61.0 Å². The van der Waals surface area contributed by atoms with Crippen molar-refractivity contribution in [3.8, 4) is 11.5 Å². The average Bonchev–Trinajstić information content (AvgIpc) is 2.79. The van der Waals surface area contributed by atoms with E-state index in [2.05, 4.69) is 17.5 Å². The van der Waals surface area contributed by atoms with Gasteiger partial charge in [-0.15, -0.1) is 0 Å². The SMILES string of the molecule is CCc1ccc(CC(=O)N/N=C/c2ccc(OCc3ccccc3Cl)c(OC)c2)cc1. The fourth-order valence-electron chi connectivity index (χ4n) is 2.95. The molecule has 0 aliphatic heterocycles. The predicted molar refractivity (Wildman–Crippen MR) is 124 cm³/mol. The fourth-order valence-corrected chi connectivity index (χ4v) is 3.14. The van der Waals surface area contributed by atoms with E-state index in [1.54, 1.807) is 25.5 Å². The summed E-state index contributed by atoms with van der Waals surface area (Å²) >= 11 is 6.17. The van der Waals surface area contributed by atoms with Crippen LogP contribution in [-0.4, -0.2) is 19.2 Å². The van der Waals surface area contributed by atoms with Crippen LogP contribution in [0.3, 0.4) is 0 Å². The van der Waals surface area contributed by atoms with Crippen LogP contribution in [0.5, 0.6) is 11.5 Å². The highest BCUT2D eigenvalue weighted by atomic mass is 35.5. The minimum atomic E-state index is -0.174. The van der Waals surface area contributed by atoms with Gasteiger partial charge in [-0.2, -0.15) is 5.10 Å². The van der Waals surface area contributed by atoms with E-state index in [0.717, 1.165) is 23.1 Å². The van der Waals surface area contributed by atoms with Gasteiger partial charge in [0.1, 0.15) is 6.61 Å². The zero-order chi connectivity index (χ0) is 22.1. The van der Waals surface area contributed by atoms with Crippen LogP contribution < -0.4 is 14.9 Å². The lowest BCUT2D eigenvalue weighted by Gasteiger charge is -2.12. The highest BCUT2D eigenvalue weighted by Gasteiger charge is 2.07. The second-order valence-corrected chi connectivity index (χ2v) is 7.34. The molecular formula is C25H25ClN2O3. The fraction of sp³-hybridized carbons (Fsp3) is 0.200. The standard InChI is InChI=1S/C25H25ClN2O3/c1-3-18-8-10-19(11-9-18)15-25(29)28-27-16-20-12-13-23(24(14-20)30-2)31-17-21-6-4-5-7-22(21)26/h4-14,16H,3,15,17H2,1-2H3,(H,28,29)/b27-16+. The molecule has 0 saturated heterocycles. The number of ether oxygens (including phenoxy) is 2. The second kappa shape index (κ2) is 11.2. The number of hydrogen-bond acceptors (Lipinski definition) is 4. The van der Waals surface area contributed by atoms with E-state index < -0.39 is 0 Å². The highest BCUT2D eigenvalue weighted by Crippen LogP contribution is 2.29. The molecule has 0 bridgehead atoms. The first kappa shape index (κ1) is 22.4. The largest absolute Gasteiger partial charge is 0.493 e. The van der Waals surface area contributed by atoms with Crippen molar-refractivity contribution in [2.24, 2.45) is 5.10 Å². The molecule has 0 fully saturated rings. The predicted octanol–water partition coefficient (Wildman–Crippen LogP) is 5.18. The van der Waals surface area contributed by atoms with Crippen LogP contribution in [0.2, 0.25) is 5.02 Å². The van der Waals surface area contributed by atoms with Crippen molar-refractivity contribution in [2.45, 2.75) is 26.4 Å². The number of aryl methyl sites for hydroxylation is 1. The lowest BCUT2D eigenvalue weighted by Crippen LogP contribution is -2.19. The van der Waals surface area contributed by atoms with Gasteiger partial charge in [0.25, 0.3) is 0 Å². The Kier molecular flexibility index (Phi) is 8.07. The van der Waals surface area contributed by atoms with Gasteiger partial charge in [0.05, 0.1) is 19.7 Å². The zero-order valence-electron chi connectivity index (χ0n) is 17.6. The number of halogens is 1. The molecule has 0 radical (unpaired) electrons. The van der Waals surface area contributed by atoms with Gasteiger partial charge in [0, 0.05) is 10.6 Å². The average molecular weight is 437 g/mol. The van der Waals surface area contributed by atoms with Gasteiger partial charge in [-0.05, 0) is 47.4 Å². The Bertz CT molecular complexity index is 1050. The summed E-state index contributed by atoms with van der Waals surface area (Å²) in [6, 6.07) is 21.0. The monoisotopic (exact) mass is 436 g/mol. The summed E-state index contributed by atoms with van der Waals surface area (Å²) in [5.74, 6) is 0.990. The first-order valence-electron chi connectivity index (χ1n) is 10.0. The Morgan fingerprint density at radius 2 is 1.77 bits per heavy atom. The van der Waals surface area contributed by atoms with Gasteiger partial charge >= 0.3 is 0 Å². The molecule has 0 heterocycles. The van der Waals surface area contributed by atoms with Crippen molar-refractivity contribution >= 4 is 23.7 Å². The third-order valence-corrected chi connectivity index (χ3v) is 5.10. The molecule has 1 N–H and O–H groups in total. The molecule has 0 aromatic heterocycles. The summed E-state index contributed by atoms with van der Waals surface area (Å²) in [6.45, 7) is 2.43. The Balaban J connectivity index is 1.56. The van der Waals surface area contributed by atoms with Crippen molar-refractivity contribution in [2.75, 3.05) is 7.11 Å². The summed E-state index contributed by atoms with van der Waals surface area (Å²) in [5.41, 5.74) is 6.42. The first-order chi connectivity index (χ1) is 15.1. The molecule has 31 heavy (non-hydrogen) atoms.